The summed E-state index contributed by atoms with van der Waals surface area (Å²) in [7, 11) is 1.71. The Labute approximate surface area is 131 Å². The van der Waals surface area contributed by atoms with Gasteiger partial charge in [0.05, 0.1) is 0 Å². The fraction of sp³-hybridized carbons (Fsp3) is 0.133. The quantitative estimate of drug-likeness (QED) is 0.821. The Kier molecular flexibility index (Phi) is 4.83. The second-order valence-corrected chi connectivity index (χ2v) is 5.85. The SMILES string of the molecule is CN(Cc1cccc(Br)c1)C(=O)c1ccc(F)c(S)c1. The molecule has 0 aliphatic heterocycles. The lowest BCUT2D eigenvalue weighted by atomic mass is 10.1. The van der Waals surface area contributed by atoms with E-state index in [1.54, 1.807) is 11.9 Å². The van der Waals surface area contributed by atoms with Crippen LogP contribution in [-0.2, 0) is 6.54 Å². The molecule has 0 aromatic heterocycles. The number of thiol groups is 1. The molecule has 0 saturated heterocycles. The molecule has 2 nitrogen and oxygen atoms in total. The Hall–Kier alpha value is -1.33. The molecule has 0 fully saturated rings. The van der Waals surface area contributed by atoms with Gasteiger partial charge in [-0.3, -0.25) is 4.79 Å². The van der Waals surface area contributed by atoms with E-state index in [2.05, 4.69) is 28.6 Å². The summed E-state index contributed by atoms with van der Waals surface area (Å²) in [6, 6.07) is 11.9. The smallest absolute Gasteiger partial charge is 0.253 e. The van der Waals surface area contributed by atoms with Crippen LogP contribution in [0.3, 0.4) is 0 Å². The molecule has 5 heteroatoms. The van der Waals surface area contributed by atoms with Gasteiger partial charge in [0.2, 0.25) is 0 Å². The summed E-state index contributed by atoms with van der Waals surface area (Å²) in [6.45, 7) is 0.484. The molecule has 0 atom stereocenters. The largest absolute Gasteiger partial charge is 0.337 e. The summed E-state index contributed by atoms with van der Waals surface area (Å²) in [6.07, 6.45) is 0. The van der Waals surface area contributed by atoms with Crippen molar-refractivity contribution in [3.05, 3.63) is 63.9 Å². The van der Waals surface area contributed by atoms with Crippen LogP contribution >= 0.6 is 28.6 Å². The minimum atomic E-state index is -0.431. The Bertz CT molecular complexity index is 648. The van der Waals surface area contributed by atoms with Crippen molar-refractivity contribution in [3.63, 3.8) is 0 Å². The number of rotatable bonds is 3. The van der Waals surface area contributed by atoms with Gasteiger partial charge < -0.3 is 4.90 Å². The van der Waals surface area contributed by atoms with E-state index in [0.717, 1.165) is 10.0 Å². The summed E-state index contributed by atoms with van der Waals surface area (Å²) < 4.78 is 14.1. The molecule has 1 amide bonds. The zero-order valence-corrected chi connectivity index (χ0v) is 13.3. The molecule has 2 aromatic rings. The minimum Gasteiger partial charge on any atom is -0.337 e. The Morgan fingerprint density at radius 3 is 2.70 bits per heavy atom. The molecule has 0 N–H and O–H groups in total. The first-order chi connectivity index (χ1) is 9.47. The van der Waals surface area contributed by atoms with Crippen LogP contribution < -0.4 is 0 Å². The van der Waals surface area contributed by atoms with Crippen LogP contribution in [0.2, 0.25) is 0 Å². The van der Waals surface area contributed by atoms with Gasteiger partial charge in [-0.1, -0.05) is 28.1 Å². The molecule has 0 spiro atoms. The first kappa shape index (κ1) is 15.1. The third kappa shape index (κ3) is 3.61. The van der Waals surface area contributed by atoms with E-state index in [0.29, 0.717) is 12.1 Å². The van der Waals surface area contributed by atoms with Crippen LogP contribution in [0.15, 0.2) is 51.8 Å². The van der Waals surface area contributed by atoms with Gasteiger partial charge in [0.1, 0.15) is 5.82 Å². The number of halogens is 2. The van der Waals surface area contributed by atoms with Crippen LogP contribution in [0.4, 0.5) is 4.39 Å². The summed E-state index contributed by atoms with van der Waals surface area (Å²) >= 11 is 7.39. The minimum absolute atomic E-state index is 0.166. The number of carbonyl (C=O) groups is 1. The van der Waals surface area contributed by atoms with Crippen molar-refractivity contribution >= 4 is 34.5 Å². The molecular formula is C15H13BrFNOS. The molecule has 0 radical (unpaired) electrons. The zero-order chi connectivity index (χ0) is 14.7. The van der Waals surface area contributed by atoms with E-state index < -0.39 is 5.82 Å². The van der Waals surface area contributed by atoms with Crippen molar-refractivity contribution in [2.75, 3.05) is 7.05 Å². The number of carbonyl (C=O) groups excluding carboxylic acids is 1. The highest BCUT2D eigenvalue weighted by Crippen LogP contribution is 2.17. The van der Waals surface area contributed by atoms with Crippen molar-refractivity contribution in [1.29, 1.82) is 0 Å². The van der Waals surface area contributed by atoms with Gasteiger partial charge in [-0.25, -0.2) is 4.39 Å². The maximum atomic E-state index is 13.1. The fourth-order valence-electron chi connectivity index (χ4n) is 1.85. The molecule has 0 heterocycles. The van der Waals surface area contributed by atoms with Crippen molar-refractivity contribution in [2.24, 2.45) is 0 Å². The summed E-state index contributed by atoms with van der Waals surface area (Å²) in [5.74, 6) is -0.597. The third-order valence-electron chi connectivity index (χ3n) is 2.85. The van der Waals surface area contributed by atoms with Crippen molar-refractivity contribution in [3.8, 4) is 0 Å². The highest BCUT2D eigenvalue weighted by Gasteiger charge is 2.13. The molecule has 2 rings (SSSR count). The molecule has 0 saturated carbocycles. The monoisotopic (exact) mass is 353 g/mol. The number of hydrogen-bond donors (Lipinski definition) is 1. The highest BCUT2D eigenvalue weighted by molar-refractivity contribution is 9.10. The predicted octanol–water partition coefficient (Wildman–Crippen LogP) is 4.15. The van der Waals surface area contributed by atoms with E-state index in [4.69, 9.17) is 0 Å². The maximum absolute atomic E-state index is 13.1. The normalized spacial score (nSPS) is 10.4. The predicted molar refractivity (Wildman–Crippen MR) is 83.6 cm³/mol. The van der Waals surface area contributed by atoms with E-state index in [-0.39, 0.29) is 10.8 Å². The highest BCUT2D eigenvalue weighted by atomic mass is 79.9. The van der Waals surface area contributed by atoms with E-state index >= 15 is 0 Å². The number of amides is 1. The molecule has 0 unspecified atom stereocenters. The molecule has 0 aliphatic carbocycles. The Balaban J connectivity index is 2.14. The average molecular weight is 354 g/mol. The van der Waals surface area contributed by atoms with Crippen molar-refractivity contribution < 1.29 is 9.18 Å². The van der Waals surface area contributed by atoms with E-state index in [1.165, 1.54) is 18.2 Å². The first-order valence-electron chi connectivity index (χ1n) is 5.96. The molecule has 2 aromatic carbocycles. The standard InChI is InChI=1S/C15H13BrFNOS/c1-18(9-10-3-2-4-12(16)7-10)15(19)11-5-6-13(17)14(20)8-11/h2-8,20H,9H2,1H3. The topological polar surface area (TPSA) is 20.3 Å². The van der Waals surface area contributed by atoms with Crippen LogP contribution in [0.1, 0.15) is 15.9 Å². The zero-order valence-electron chi connectivity index (χ0n) is 10.8. The third-order valence-corrected chi connectivity index (χ3v) is 3.68. The number of hydrogen-bond acceptors (Lipinski definition) is 2. The van der Waals surface area contributed by atoms with Crippen LogP contribution in [0, 0.1) is 5.82 Å². The second-order valence-electron chi connectivity index (χ2n) is 4.46. The molecule has 104 valence electrons. The van der Waals surface area contributed by atoms with Gasteiger partial charge in [-0.05, 0) is 35.9 Å². The second kappa shape index (κ2) is 6.41. The van der Waals surface area contributed by atoms with Gasteiger partial charge in [0.25, 0.3) is 5.91 Å². The lowest BCUT2D eigenvalue weighted by Gasteiger charge is -2.17. The molecule has 0 aliphatic rings. The number of nitrogens with zero attached hydrogens (tertiary/aromatic N) is 1. The van der Waals surface area contributed by atoms with Gasteiger partial charge in [-0.2, -0.15) is 0 Å². The average Bonchev–Trinajstić information content (AvgIpc) is 2.41. The summed E-state index contributed by atoms with van der Waals surface area (Å²) in [5, 5.41) is 0. The Morgan fingerprint density at radius 1 is 1.30 bits per heavy atom. The lowest BCUT2D eigenvalue weighted by molar-refractivity contribution is 0.0784. The van der Waals surface area contributed by atoms with Crippen LogP contribution in [0.25, 0.3) is 0 Å². The van der Waals surface area contributed by atoms with Gasteiger partial charge in [-0.15, -0.1) is 12.6 Å². The van der Waals surface area contributed by atoms with Crippen LogP contribution in [0.5, 0.6) is 0 Å². The molecular weight excluding hydrogens is 341 g/mol. The van der Waals surface area contributed by atoms with Crippen LogP contribution in [-0.4, -0.2) is 17.9 Å². The van der Waals surface area contributed by atoms with E-state index in [9.17, 15) is 9.18 Å². The first-order valence-corrected chi connectivity index (χ1v) is 7.20. The molecule has 0 bridgehead atoms. The summed E-state index contributed by atoms with van der Waals surface area (Å²) in [4.78, 5) is 14.0. The van der Waals surface area contributed by atoms with E-state index in [1.807, 2.05) is 24.3 Å². The Morgan fingerprint density at radius 2 is 2.05 bits per heavy atom. The summed E-state index contributed by atoms with van der Waals surface area (Å²) in [5.41, 5.74) is 1.44. The number of benzene rings is 2. The van der Waals surface area contributed by atoms with Gasteiger partial charge >= 0.3 is 0 Å². The van der Waals surface area contributed by atoms with Crippen molar-refractivity contribution in [1.82, 2.24) is 4.90 Å². The van der Waals surface area contributed by atoms with Crippen molar-refractivity contribution in [2.45, 2.75) is 11.4 Å². The molecule has 20 heavy (non-hydrogen) atoms. The fourth-order valence-corrected chi connectivity index (χ4v) is 2.51. The maximum Gasteiger partial charge on any atom is 0.253 e. The van der Waals surface area contributed by atoms with Gasteiger partial charge in [0.15, 0.2) is 0 Å². The van der Waals surface area contributed by atoms with Gasteiger partial charge in [0, 0.05) is 28.5 Å². The lowest BCUT2D eigenvalue weighted by Crippen LogP contribution is -2.26.